The van der Waals surface area contributed by atoms with Gasteiger partial charge < -0.3 is 5.32 Å². The van der Waals surface area contributed by atoms with Crippen molar-refractivity contribution in [2.24, 2.45) is 5.92 Å². The Hall–Kier alpha value is -0.600. The Labute approximate surface area is 119 Å². The van der Waals surface area contributed by atoms with Gasteiger partial charge in [-0.05, 0) is 49.3 Å². The lowest BCUT2D eigenvalue weighted by Crippen LogP contribution is -2.27. The molecular weight excluding hydrogens is 261 g/mol. The second-order valence-electron chi connectivity index (χ2n) is 6.00. The first-order valence-corrected chi connectivity index (χ1v) is 7.80. The van der Waals surface area contributed by atoms with Crippen molar-refractivity contribution in [1.29, 1.82) is 0 Å². The van der Waals surface area contributed by atoms with E-state index in [1.165, 1.54) is 44.6 Å². The van der Waals surface area contributed by atoms with Crippen molar-refractivity contribution in [3.63, 3.8) is 0 Å². The van der Waals surface area contributed by atoms with Crippen molar-refractivity contribution in [3.05, 3.63) is 34.6 Å². The van der Waals surface area contributed by atoms with Crippen LogP contribution in [0.5, 0.6) is 0 Å². The quantitative estimate of drug-likeness (QED) is 0.838. The standard InChI is InChI=1S/C16H21ClFN/c17-16-9-12(18)5-8-14(16)15(10-19-13-6-7-13)11-3-1-2-4-11/h5,8-9,11,13,15,19H,1-4,6-7,10H2. The maximum atomic E-state index is 13.2. The van der Waals surface area contributed by atoms with Crippen LogP contribution in [0.25, 0.3) is 0 Å². The highest BCUT2D eigenvalue weighted by atomic mass is 35.5. The van der Waals surface area contributed by atoms with E-state index in [1.807, 2.05) is 6.07 Å². The van der Waals surface area contributed by atoms with Crippen LogP contribution in [-0.2, 0) is 0 Å². The third-order valence-electron chi connectivity index (χ3n) is 4.53. The Morgan fingerprint density at radius 3 is 2.58 bits per heavy atom. The minimum Gasteiger partial charge on any atom is -0.313 e. The fourth-order valence-corrected chi connectivity index (χ4v) is 3.58. The fourth-order valence-electron chi connectivity index (χ4n) is 3.27. The normalized spacial score (nSPS) is 21.8. The summed E-state index contributed by atoms with van der Waals surface area (Å²) in [6.45, 7) is 0.987. The molecule has 0 amide bonds. The van der Waals surface area contributed by atoms with Crippen molar-refractivity contribution in [1.82, 2.24) is 5.32 Å². The summed E-state index contributed by atoms with van der Waals surface area (Å²) < 4.78 is 13.2. The number of nitrogens with one attached hydrogen (secondary N) is 1. The molecule has 2 fully saturated rings. The molecule has 2 saturated carbocycles. The molecule has 1 N–H and O–H groups in total. The third-order valence-corrected chi connectivity index (χ3v) is 4.86. The molecule has 2 aliphatic rings. The van der Waals surface area contributed by atoms with E-state index in [0.29, 0.717) is 22.9 Å². The van der Waals surface area contributed by atoms with Crippen LogP contribution in [0.1, 0.15) is 50.0 Å². The summed E-state index contributed by atoms with van der Waals surface area (Å²) in [7, 11) is 0. The maximum absolute atomic E-state index is 13.2. The summed E-state index contributed by atoms with van der Waals surface area (Å²) >= 11 is 6.27. The van der Waals surface area contributed by atoms with E-state index in [9.17, 15) is 4.39 Å². The van der Waals surface area contributed by atoms with Gasteiger partial charge in [0.05, 0.1) is 0 Å². The van der Waals surface area contributed by atoms with Crippen LogP contribution in [0.15, 0.2) is 18.2 Å². The molecule has 0 radical (unpaired) electrons. The van der Waals surface area contributed by atoms with Crippen molar-refractivity contribution in [2.45, 2.75) is 50.5 Å². The molecule has 1 aromatic rings. The average Bonchev–Trinajstić information content (AvgIpc) is 3.05. The summed E-state index contributed by atoms with van der Waals surface area (Å²) in [6.07, 6.45) is 7.81. The topological polar surface area (TPSA) is 12.0 Å². The minimum absolute atomic E-state index is 0.242. The SMILES string of the molecule is Fc1ccc(C(CNC2CC2)C2CCCC2)c(Cl)c1. The van der Waals surface area contributed by atoms with Gasteiger partial charge in [-0.1, -0.05) is 30.5 Å². The van der Waals surface area contributed by atoms with E-state index >= 15 is 0 Å². The van der Waals surface area contributed by atoms with Gasteiger partial charge in [-0.25, -0.2) is 4.39 Å². The Morgan fingerprint density at radius 2 is 1.95 bits per heavy atom. The molecule has 3 rings (SSSR count). The molecule has 0 bridgehead atoms. The highest BCUT2D eigenvalue weighted by molar-refractivity contribution is 6.31. The van der Waals surface area contributed by atoms with E-state index in [4.69, 9.17) is 11.6 Å². The molecule has 104 valence electrons. The monoisotopic (exact) mass is 281 g/mol. The molecule has 19 heavy (non-hydrogen) atoms. The van der Waals surface area contributed by atoms with E-state index in [2.05, 4.69) is 5.32 Å². The Kier molecular flexibility index (Phi) is 4.09. The second kappa shape index (κ2) is 5.80. The van der Waals surface area contributed by atoms with Crippen molar-refractivity contribution in [2.75, 3.05) is 6.54 Å². The lowest BCUT2D eigenvalue weighted by atomic mass is 9.84. The summed E-state index contributed by atoms with van der Waals surface area (Å²) in [6, 6.07) is 5.59. The zero-order chi connectivity index (χ0) is 13.2. The van der Waals surface area contributed by atoms with Crippen LogP contribution in [0.4, 0.5) is 4.39 Å². The van der Waals surface area contributed by atoms with Crippen LogP contribution in [0, 0.1) is 11.7 Å². The van der Waals surface area contributed by atoms with E-state index in [1.54, 1.807) is 6.07 Å². The molecular formula is C16H21ClFN. The summed E-state index contributed by atoms with van der Waals surface area (Å²) in [5, 5.41) is 4.21. The predicted octanol–water partition coefficient (Wildman–Crippen LogP) is 4.50. The van der Waals surface area contributed by atoms with Gasteiger partial charge in [0.1, 0.15) is 5.82 Å². The van der Waals surface area contributed by atoms with Gasteiger partial charge in [0.25, 0.3) is 0 Å². The smallest absolute Gasteiger partial charge is 0.124 e. The molecule has 1 unspecified atom stereocenters. The fraction of sp³-hybridized carbons (Fsp3) is 0.625. The number of rotatable bonds is 5. The molecule has 1 aromatic carbocycles. The van der Waals surface area contributed by atoms with Gasteiger partial charge in [-0.3, -0.25) is 0 Å². The zero-order valence-corrected chi connectivity index (χ0v) is 11.9. The Balaban J connectivity index is 1.78. The molecule has 1 nitrogen and oxygen atoms in total. The largest absolute Gasteiger partial charge is 0.313 e. The van der Waals surface area contributed by atoms with Crippen molar-refractivity contribution >= 4 is 11.6 Å². The first kappa shape index (κ1) is 13.4. The second-order valence-corrected chi connectivity index (χ2v) is 6.41. The highest BCUT2D eigenvalue weighted by Crippen LogP contribution is 2.40. The summed E-state index contributed by atoms with van der Waals surface area (Å²) in [5.41, 5.74) is 1.13. The average molecular weight is 282 g/mol. The molecule has 1 atom stereocenters. The molecule has 0 saturated heterocycles. The first-order valence-electron chi connectivity index (χ1n) is 7.42. The Morgan fingerprint density at radius 1 is 1.21 bits per heavy atom. The minimum atomic E-state index is -0.242. The van der Waals surface area contributed by atoms with E-state index in [0.717, 1.165) is 12.1 Å². The Bertz CT molecular complexity index is 438. The van der Waals surface area contributed by atoms with Gasteiger partial charge in [-0.2, -0.15) is 0 Å². The number of halogens is 2. The van der Waals surface area contributed by atoms with Crippen LogP contribution < -0.4 is 5.32 Å². The zero-order valence-electron chi connectivity index (χ0n) is 11.2. The van der Waals surface area contributed by atoms with Crippen LogP contribution in [0.2, 0.25) is 5.02 Å². The third kappa shape index (κ3) is 3.29. The van der Waals surface area contributed by atoms with Crippen LogP contribution >= 0.6 is 11.6 Å². The van der Waals surface area contributed by atoms with E-state index in [-0.39, 0.29) is 5.82 Å². The van der Waals surface area contributed by atoms with Gasteiger partial charge >= 0.3 is 0 Å². The van der Waals surface area contributed by atoms with Crippen LogP contribution in [0.3, 0.4) is 0 Å². The van der Waals surface area contributed by atoms with Gasteiger partial charge in [0.2, 0.25) is 0 Å². The van der Waals surface area contributed by atoms with Gasteiger partial charge in [0, 0.05) is 23.5 Å². The maximum Gasteiger partial charge on any atom is 0.124 e. The number of benzene rings is 1. The highest BCUT2D eigenvalue weighted by Gasteiger charge is 2.30. The summed E-state index contributed by atoms with van der Waals surface area (Å²) in [5.74, 6) is 0.902. The molecule has 0 spiro atoms. The molecule has 0 aliphatic heterocycles. The molecule has 0 heterocycles. The number of hydrogen-bond donors (Lipinski definition) is 1. The first-order chi connectivity index (χ1) is 9.24. The van der Waals surface area contributed by atoms with Gasteiger partial charge in [-0.15, -0.1) is 0 Å². The molecule has 3 heteroatoms. The van der Waals surface area contributed by atoms with Crippen LogP contribution in [-0.4, -0.2) is 12.6 Å². The summed E-state index contributed by atoms with van der Waals surface area (Å²) in [4.78, 5) is 0. The van der Waals surface area contributed by atoms with Gasteiger partial charge in [0.15, 0.2) is 0 Å². The lowest BCUT2D eigenvalue weighted by molar-refractivity contribution is 0.409. The molecule has 2 aliphatic carbocycles. The van der Waals surface area contributed by atoms with E-state index < -0.39 is 0 Å². The molecule has 0 aromatic heterocycles. The number of hydrogen-bond acceptors (Lipinski definition) is 1. The lowest BCUT2D eigenvalue weighted by Gasteiger charge is -2.25. The predicted molar refractivity (Wildman–Crippen MR) is 77.1 cm³/mol. The van der Waals surface area contributed by atoms with Crippen molar-refractivity contribution in [3.8, 4) is 0 Å². The van der Waals surface area contributed by atoms with Crippen molar-refractivity contribution < 1.29 is 4.39 Å².